The molecule has 0 bridgehead atoms. The number of nitrogens with two attached hydrogens (primary N) is 2. The van der Waals surface area contributed by atoms with Crippen LogP contribution in [0.15, 0.2) is 10.3 Å². The van der Waals surface area contributed by atoms with E-state index in [1.54, 1.807) is 13.8 Å². The number of Topliss-reactive ketones (excluding diaryl/α,β-unsaturated/α-hetero) is 2. The van der Waals surface area contributed by atoms with Crippen molar-refractivity contribution in [3.63, 3.8) is 0 Å². The Hall–Kier alpha value is -6.81. The standard InChI is InChI=1S/C59H109N15O17/c1-41(75)35-67-46(55(60)83)17-9-12-25-63-53(81)39-90-33-32-89-30-28-65-54(82)40-91-34-31-88-29-27-64-50(78)21-16-23-52(80)72-48(57(85)66-26-14-10-18-47(56(61)84)68-36-42(2)76)19-11-13-24-62-49(77)20-15-22-51(79)71-45(37-69-58(5,6)43(3)73-86)38-70-59(7,8)44(4)74-87/h45-48,67-70,86-87H,9-40H2,1-8H3,(H2,60,83)(H2,61,84)(H,62,77)(H,63,81)(H,64,78)(H,65,82)(H,66,85)(H,71,79)(H,72,80)/b73-43+,74-44+/t46-,47-,48-/m0/s1. The highest BCUT2D eigenvalue weighted by Crippen LogP contribution is 2.10. The largest absolute Gasteiger partial charge is 0.411 e. The van der Waals surface area contributed by atoms with Crippen molar-refractivity contribution in [3.8, 4) is 0 Å². The Morgan fingerprint density at radius 1 is 0.418 bits per heavy atom. The predicted octanol–water partition coefficient (Wildman–Crippen LogP) is -2.04. The third-order valence-corrected chi connectivity index (χ3v) is 14.3. The van der Waals surface area contributed by atoms with Gasteiger partial charge >= 0.3 is 0 Å². The molecule has 0 radical (unpaired) electrons. The second kappa shape index (κ2) is 50.8. The van der Waals surface area contributed by atoms with Crippen molar-refractivity contribution in [2.24, 2.45) is 21.8 Å². The molecule has 0 heterocycles. The highest BCUT2D eigenvalue weighted by molar-refractivity contribution is 5.91. The summed E-state index contributed by atoms with van der Waals surface area (Å²) in [6, 6.07) is -2.67. The minimum atomic E-state index is -0.926. The molecule has 32 nitrogen and oxygen atoms in total. The van der Waals surface area contributed by atoms with Crippen LogP contribution in [0, 0.1) is 0 Å². The lowest BCUT2D eigenvalue weighted by atomic mass is 9.98. The summed E-state index contributed by atoms with van der Waals surface area (Å²) in [7, 11) is 0. The molecule has 522 valence electrons. The Balaban J connectivity index is 4.74. The van der Waals surface area contributed by atoms with Gasteiger partial charge in [-0.15, -0.1) is 0 Å². The summed E-state index contributed by atoms with van der Waals surface area (Å²) in [6.45, 7) is 16.1. The quantitative estimate of drug-likeness (QED) is 0.0135. The summed E-state index contributed by atoms with van der Waals surface area (Å²) in [4.78, 5) is 135. The monoisotopic (exact) mass is 1300 g/mol. The van der Waals surface area contributed by atoms with Crippen LogP contribution in [0.4, 0.5) is 0 Å². The first-order valence-corrected chi connectivity index (χ1v) is 31.3. The normalized spacial score (nSPS) is 12.9. The first kappa shape index (κ1) is 84.2. The summed E-state index contributed by atoms with van der Waals surface area (Å²) >= 11 is 0. The molecule has 0 aromatic carbocycles. The van der Waals surface area contributed by atoms with E-state index >= 15 is 0 Å². The average molecular weight is 1300 g/mol. The van der Waals surface area contributed by atoms with Crippen LogP contribution in [0.3, 0.4) is 0 Å². The van der Waals surface area contributed by atoms with Crippen LogP contribution in [-0.2, 0) is 71.7 Å². The lowest BCUT2D eigenvalue weighted by Crippen LogP contribution is -2.57. The lowest BCUT2D eigenvalue weighted by molar-refractivity contribution is -0.129. The molecule has 32 heteroatoms. The maximum absolute atomic E-state index is 13.4. The second-order valence-electron chi connectivity index (χ2n) is 23.1. The van der Waals surface area contributed by atoms with Crippen LogP contribution in [0.5, 0.6) is 0 Å². The third-order valence-electron chi connectivity index (χ3n) is 14.3. The summed E-state index contributed by atoms with van der Waals surface area (Å²) in [6.07, 6.45) is 4.76. The summed E-state index contributed by atoms with van der Waals surface area (Å²) in [5, 5.41) is 57.0. The molecule has 0 aromatic rings. The molecule has 17 N–H and O–H groups in total. The van der Waals surface area contributed by atoms with Gasteiger partial charge in [-0.05, 0) is 126 Å². The van der Waals surface area contributed by atoms with E-state index in [4.69, 9.17) is 30.4 Å². The highest BCUT2D eigenvalue weighted by Gasteiger charge is 2.28. The van der Waals surface area contributed by atoms with Gasteiger partial charge in [0, 0.05) is 71.5 Å². The first-order valence-electron chi connectivity index (χ1n) is 31.3. The molecular weight excluding hydrogens is 1190 g/mol. The molecule has 0 saturated carbocycles. The number of hydrogen-bond donors (Lipinski definition) is 15. The number of hydrogen-bond acceptors (Lipinski definition) is 23. The molecule has 0 aliphatic rings. The number of amides is 9. The van der Waals surface area contributed by atoms with Crippen molar-refractivity contribution in [2.45, 2.75) is 187 Å². The maximum Gasteiger partial charge on any atom is 0.246 e. The smallest absolute Gasteiger partial charge is 0.246 e. The summed E-state index contributed by atoms with van der Waals surface area (Å²) in [5.41, 5.74) is 10.4. The number of rotatable bonds is 58. The topological polar surface area (TPSA) is 474 Å². The molecule has 0 rings (SSSR count). The van der Waals surface area contributed by atoms with Crippen LogP contribution in [0.25, 0.3) is 0 Å². The number of carbonyl (C=O) groups is 11. The van der Waals surface area contributed by atoms with Crippen molar-refractivity contribution in [1.82, 2.24) is 58.5 Å². The van der Waals surface area contributed by atoms with Gasteiger partial charge in [0.25, 0.3) is 0 Å². The molecule has 9 amide bonds. The first-order chi connectivity index (χ1) is 43.1. The van der Waals surface area contributed by atoms with Gasteiger partial charge in [0.2, 0.25) is 53.2 Å². The van der Waals surface area contributed by atoms with Gasteiger partial charge in [-0.25, -0.2) is 0 Å². The molecule has 0 aromatic heterocycles. The van der Waals surface area contributed by atoms with E-state index in [0.717, 1.165) is 0 Å². The fourth-order valence-corrected chi connectivity index (χ4v) is 8.10. The fourth-order valence-electron chi connectivity index (χ4n) is 8.10. The minimum Gasteiger partial charge on any atom is -0.411 e. The second-order valence-corrected chi connectivity index (χ2v) is 23.1. The third kappa shape index (κ3) is 46.0. The predicted molar refractivity (Wildman–Crippen MR) is 339 cm³/mol. The zero-order valence-electron chi connectivity index (χ0n) is 55.0. The molecule has 3 atom stereocenters. The zero-order chi connectivity index (χ0) is 68.5. The number of ether oxygens (including phenoxy) is 4. The minimum absolute atomic E-state index is 0.00514. The Morgan fingerprint density at radius 2 is 0.769 bits per heavy atom. The van der Waals surface area contributed by atoms with Crippen LogP contribution in [0.1, 0.15) is 152 Å². The van der Waals surface area contributed by atoms with Gasteiger partial charge in [-0.3, -0.25) is 63.4 Å². The molecule has 91 heavy (non-hydrogen) atoms. The van der Waals surface area contributed by atoms with Crippen molar-refractivity contribution in [2.75, 3.05) is 112 Å². The SMILES string of the molecule is CC(=O)CN[C@@H](CCCCNC(=O)COCCOCCNC(=O)COCCOCCNC(=O)CCCC(=O)N[C@@H](CCCCNC(=O)CCCC(=O)NC(CNC(C)(C)/C(C)=N/O)CNC(C)(C)/C(C)=N/O)C(=O)NCCCC[C@H](NCC(C)=O)C(N)=O)C(N)=O. The van der Waals surface area contributed by atoms with Gasteiger partial charge in [0.1, 0.15) is 30.8 Å². The maximum atomic E-state index is 13.4. The molecule has 0 spiro atoms. The van der Waals surface area contributed by atoms with E-state index in [1.165, 1.54) is 13.8 Å². The Kier molecular flexibility index (Phi) is 47.0. The van der Waals surface area contributed by atoms with E-state index in [-0.39, 0.29) is 178 Å². The fraction of sp³-hybridized carbons (Fsp3) is 0.780. The number of primary amides is 2. The molecule has 0 saturated heterocycles. The van der Waals surface area contributed by atoms with Gasteiger partial charge < -0.3 is 88.7 Å². The van der Waals surface area contributed by atoms with E-state index < -0.39 is 58.9 Å². The average Bonchev–Trinajstić information content (AvgIpc) is 3.54. The van der Waals surface area contributed by atoms with Gasteiger partial charge in [-0.1, -0.05) is 10.3 Å². The number of nitrogens with zero attached hydrogens (tertiary/aromatic N) is 2. The number of carbonyl (C=O) groups excluding carboxylic acids is 11. The van der Waals surface area contributed by atoms with Gasteiger partial charge in [0.15, 0.2) is 0 Å². The number of nitrogens with one attached hydrogen (secondary N) is 11. The number of oxime groups is 2. The summed E-state index contributed by atoms with van der Waals surface area (Å²) in [5.74, 6) is -3.78. The van der Waals surface area contributed by atoms with Crippen molar-refractivity contribution in [1.29, 1.82) is 0 Å². The van der Waals surface area contributed by atoms with Gasteiger partial charge in [-0.2, -0.15) is 0 Å². The van der Waals surface area contributed by atoms with Crippen LogP contribution in [0.2, 0.25) is 0 Å². The van der Waals surface area contributed by atoms with Crippen molar-refractivity contribution >= 4 is 76.2 Å². The van der Waals surface area contributed by atoms with Crippen molar-refractivity contribution in [3.05, 3.63) is 0 Å². The molecule has 0 fully saturated rings. The Bertz CT molecular complexity index is 2240. The van der Waals surface area contributed by atoms with E-state index in [2.05, 4.69) is 68.8 Å². The molecule has 0 unspecified atom stereocenters. The molecule has 0 aliphatic carbocycles. The van der Waals surface area contributed by atoms with Crippen LogP contribution < -0.4 is 70.0 Å². The highest BCUT2D eigenvalue weighted by atomic mass is 16.5. The number of ketones is 2. The van der Waals surface area contributed by atoms with E-state index in [0.29, 0.717) is 82.4 Å². The Labute approximate surface area is 535 Å². The van der Waals surface area contributed by atoms with E-state index in [9.17, 15) is 63.2 Å². The Morgan fingerprint density at radius 3 is 1.18 bits per heavy atom. The summed E-state index contributed by atoms with van der Waals surface area (Å²) < 4.78 is 21.5. The van der Waals surface area contributed by atoms with Gasteiger partial charge in [0.05, 0.1) is 93.4 Å². The lowest BCUT2D eigenvalue weighted by Gasteiger charge is -2.32. The van der Waals surface area contributed by atoms with E-state index in [1.807, 2.05) is 27.7 Å². The zero-order valence-corrected chi connectivity index (χ0v) is 55.0. The molecule has 0 aliphatic heterocycles. The molecular formula is C59H109N15O17. The number of unbranched alkanes of at least 4 members (excludes halogenated alkanes) is 3. The van der Waals surface area contributed by atoms with Crippen LogP contribution in [-0.4, -0.2) is 234 Å². The van der Waals surface area contributed by atoms with Crippen molar-refractivity contribution < 1.29 is 82.1 Å². The van der Waals surface area contributed by atoms with Crippen LogP contribution >= 0.6 is 0 Å².